The molecule has 0 bridgehead atoms. The first kappa shape index (κ1) is 15.5. The minimum Gasteiger partial charge on any atom is -0.466 e. The molecule has 1 N–H and O–H groups in total. The van der Waals surface area contributed by atoms with Crippen LogP contribution in [-0.4, -0.2) is 25.0 Å². The molecule has 1 rings (SSSR count). The minimum atomic E-state index is -0.298. The van der Waals surface area contributed by atoms with Crippen LogP contribution in [0.1, 0.15) is 36.5 Å². The van der Waals surface area contributed by atoms with Gasteiger partial charge < -0.3 is 10.1 Å². The van der Waals surface area contributed by atoms with Gasteiger partial charge in [0, 0.05) is 6.54 Å². The van der Waals surface area contributed by atoms with Crippen LogP contribution in [0.3, 0.4) is 0 Å². The maximum Gasteiger partial charge on any atom is 0.307 e. The number of carbonyl (C=O) groups excluding carboxylic acids is 2. The zero-order valence-electron chi connectivity index (χ0n) is 10.9. The molecule has 4 nitrogen and oxygen atoms in total. The van der Waals surface area contributed by atoms with Crippen LogP contribution in [0.15, 0.2) is 24.3 Å². The number of rotatable bonds is 7. The summed E-state index contributed by atoms with van der Waals surface area (Å²) in [5.41, 5.74) is 0.406. The maximum atomic E-state index is 11.8. The van der Waals surface area contributed by atoms with E-state index in [1.54, 1.807) is 24.3 Å². The Labute approximate surface area is 118 Å². The molecule has 1 amide bonds. The molecule has 19 heavy (non-hydrogen) atoms. The molecular weight excluding hydrogens is 266 g/mol. The first-order valence-electron chi connectivity index (χ1n) is 6.33. The van der Waals surface area contributed by atoms with Crippen LogP contribution in [0.5, 0.6) is 0 Å². The van der Waals surface area contributed by atoms with Gasteiger partial charge in [0.1, 0.15) is 0 Å². The molecule has 0 aliphatic heterocycles. The zero-order valence-corrected chi connectivity index (χ0v) is 11.7. The van der Waals surface area contributed by atoms with Crippen LogP contribution < -0.4 is 5.32 Å². The highest BCUT2D eigenvalue weighted by Crippen LogP contribution is 2.14. The van der Waals surface area contributed by atoms with Gasteiger partial charge in [0.05, 0.1) is 23.6 Å². The van der Waals surface area contributed by atoms with Crippen LogP contribution in [0, 0.1) is 0 Å². The summed E-state index contributed by atoms with van der Waals surface area (Å²) in [5.74, 6) is -0.583. The van der Waals surface area contributed by atoms with Crippen molar-refractivity contribution >= 4 is 23.5 Å². The highest BCUT2D eigenvalue weighted by molar-refractivity contribution is 6.33. The second kappa shape index (κ2) is 8.53. The molecule has 0 unspecified atom stereocenters. The van der Waals surface area contributed by atoms with Crippen molar-refractivity contribution in [2.75, 3.05) is 13.2 Å². The Balaban J connectivity index is 2.28. The molecule has 0 heterocycles. The molecule has 0 fully saturated rings. The van der Waals surface area contributed by atoms with E-state index in [0.29, 0.717) is 17.2 Å². The normalized spacial score (nSPS) is 10.0. The first-order chi connectivity index (χ1) is 9.15. The highest BCUT2D eigenvalue weighted by Gasteiger charge is 2.09. The van der Waals surface area contributed by atoms with Crippen LogP contribution in [0.25, 0.3) is 0 Å². The molecule has 1 aromatic rings. The van der Waals surface area contributed by atoms with Crippen molar-refractivity contribution in [1.82, 2.24) is 5.32 Å². The zero-order chi connectivity index (χ0) is 14.1. The lowest BCUT2D eigenvalue weighted by Crippen LogP contribution is -2.26. The van der Waals surface area contributed by atoms with E-state index >= 15 is 0 Å². The second-order valence-electron chi connectivity index (χ2n) is 4.06. The summed E-state index contributed by atoms with van der Waals surface area (Å²) >= 11 is 5.89. The van der Waals surface area contributed by atoms with Gasteiger partial charge in [0.15, 0.2) is 0 Å². The van der Waals surface area contributed by atoms with Gasteiger partial charge in [-0.3, -0.25) is 9.59 Å². The number of benzene rings is 1. The van der Waals surface area contributed by atoms with E-state index in [0.717, 1.165) is 12.8 Å². The third-order valence-electron chi connectivity index (χ3n) is 2.49. The molecule has 0 aliphatic rings. The van der Waals surface area contributed by atoms with Crippen molar-refractivity contribution in [2.24, 2.45) is 0 Å². The molecule has 0 aliphatic carbocycles. The fourth-order valence-electron chi connectivity index (χ4n) is 1.42. The third-order valence-corrected chi connectivity index (χ3v) is 2.82. The molecule has 5 heteroatoms. The van der Waals surface area contributed by atoms with E-state index in [1.807, 2.05) is 6.92 Å². The van der Waals surface area contributed by atoms with Crippen molar-refractivity contribution in [3.05, 3.63) is 34.9 Å². The molecule has 1 aromatic carbocycles. The van der Waals surface area contributed by atoms with Gasteiger partial charge in [0.2, 0.25) is 0 Å². The van der Waals surface area contributed by atoms with Gasteiger partial charge in [-0.15, -0.1) is 0 Å². The Kier molecular flexibility index (Phi) is 6.97. The van der Waals surface area contributed by atoms with Crippen molar-refractivity contribution in [2.45, 2.75) is 26.2 Å². The fourth-order valence-corrected chi connectivity index (χ4v) is 1.64. The van der Waals surface area contributed by atoms with Gasteiger partial charge in [-0.1, -0.05) is 37.1 Å². The van der Waals surface area contributed by atoms with Gasteiger partial charge in [-0.2, -0.15) is 0 Å². The van der Waals surface area contributed by atoms with Crippen LogP contribution >= 0.6 is 11.6 Å². The molecule has 104 valence electrons. The van der Waals surface area contributed by atoms with Crippen LogP contribution in [0.4, 0.5) is 0 Å². The Morgan fingerprint density at radius 2 is 2.05 bits per heavy atom. The summed E-state index contributed by atoms with van der Waals surface area (Å²) in [7, 11) is 0. The van der Waals surface area contributed by atoms with E-state index in [9.17, 15) is 9.59 Å². The summed E-state index contributed by atoms with van der Waals surface area (Å²) < 4.78 is 4.98. The van der Waals surface area contributed by atoms with Gasteiger partial charge in [-0.05, 0) is 18.6 Å². The van der Waals surface area contributed by atoms with Gasteiger partial charge in [-0.25, -0.2) is 0 Å². The lowest BCUT2D eigenvalue weighted by atomic mass is 10.2. The third kappa shape index (κ3) is 5.75. The minimum absolute atomic E-state index is 0.167. The number of amides is 1. The average molecular weight is 284 g/mol. The summed E-state index contributed by atoms with van der Waals surface area (Å²) in [6.45, 7) is 2.71. The van der Waals surface area contributed by atoms with Crippen LogP contribution in [0.2, 0.25) is 5.02 Å². The topological polar surface area (TPSA) is 55.4 Å². The SMILES string of the molecule is CCCCOC(=O)CCNC(=O)c1ccccc1Cl. The Bertz CT molecular complexity index is 434. The van der Waals surface area contributed by atoms with E-state index in [-0.39, 0.29) is 24.8 Å². The van der Waals surface area contributed by atoms with Crippen molar-refractivity contribution in [1.29, 1.82) is 0 Å². The predicted octanol–water partition coefficient (Wildman–Crippen LogP) is 2.80. The van der Waals surface area contributed by atoms with Crippen molar-refractivity contribution in [3.8, 4) is 0 Å². The quantitative estimate of drug-likeness (QED) is 0.618. The van der Waals surface area contributed by atoms with Crippen LogP contribution in [-0.2, 0) is 9.53 Å². The lowest BCUT2D eigenvalue weighted by Gasteiger charge is -2.07. The first-order valence-corrected chi connectivity index (χ1v) is 6.71. The standard InChI is InChI=1S/C14H18ClNO3/c1-2-3-10-19-13(17)8-9-16-14(18)11-6-4-5-7-12(11)15/h4-7H,2-3,8-10H2,1H3,(H,16,18). The van der Waals surface area contributed by atoms with E-state index in [4.69, 9.17) is 16.3 Å². The summed E-state index contributed by atoms with van der Waals surface area (Å²) in [6.07, 6.45) is 2.01. The Hall–Kier alpha value is -1.55. The van der Waals surface area contributed by atoms with E-state index in [2.05, 4.69) is 5.32 Å². The number of nitrogens with one attached hydrogen (secondary N) is 1. The predicted molar refractivity (Wildman–Crippen MR) is 74.3 cm³/mol. The summed E-state index contributed by atoms with van der Waals surface area (Å²) in [4.78, 5) is 23.1. The molecular formula is C14H18ClNO3. The van der Waals surface area contributed by atoms with Crippen molar-refractivity contribution in [3.63, 3.8) is 0 Å². The number of hydrogen-bond acceptors (Lipinski definition) is 3. The molecule has 0 aromatic heterocycles. The monoisotopic (exact) mass is 283 g/mol. The molecule has 0 spiro atoms. The van der Waals surface area contributed by atoms with E-state index in [1.165, 1.54) is 0 Å². The van der Waals surface area contributed by atoms with Gasteiger partial charge >= 0.3 is 5.97 Å². The van der Waals surface area contributed by atoms with Gasteiger partial charge in [0.25, 0.3) is 5.91 Å². The lowest BCUT2D eigenvalue weighted by molar-refractivity contribution is -0.143. The maximum absolute atomic E-state index is 11.8. The second-order valence-corrected chi connectivity index (χ2v) is 4.47. The number of halogens is 1. The largest absolute Gasteiger partial charge is 0.466 e. The molecule has 0 saturated carbocycles. The highest BCUT2D eigenvalue weighted by atomic mass is 35.5. The Morgan fingerprint density at radius 1 is 1.32 bits per heavy atom. The number of unbranched alkanes of at least 4 members (excludes halogenated alkanes) is 1. The molecule has 0 radical (unpaired) electrons. The molecule has 0 saturated heterocycles. The number of hydrogen-bond donors (Lipinski definition) is 1. The smallest absolute Gasteiger partial charge is 0.307 e. The number of esters is 1. The Morgan fingerprint density at radius 3 is 2.74 bits per heavy atom. The fraction of sp³-hybridized carbons (Fsp3) is 0.429. The van der Waals surface area contributed by atoms with Crippen molar-refractivity contribution < 1.29 is 14.3 Å². The van der Waals surface area contributed by atoms with E-state index < -0.39 is 0 Å². The summed E-state index contributed by atoms with van der Waals surface area (Å²) in [6, 6.07) is 6.77. The average Bonchev–Trinajstić information content (AvgIpc) is 2.39. The number of carbonyl (C=O) groups is 2. The summed E-state index contributed by atoms with van der Waals surface area (Å²) in [5, 5.41) is 3.03. The molecule has 0 atom stereocenters. The number of ether oxygens (including phenoxy) is 1.